The summed E-state index contributed by atoms with van der Waals surface area (Å²) in [5, 5.41) is 0. The highest BCUT2D eigenvalue weighted by molar-refractivity contribution is 5.86. The molecule has 0 bridgehead atoms. The summed E-state index contributed by atoms with van der Waals surface area (Å²) >= 11 is 0. The van der Waals surface area contributed by atoms with Gasteiger partial charge >= 0.3 is 0 Å². The molecule has 0 N–H and O–H groups in total. The van der Waals surface area contributed by atoms with E-state index in [9.17, 15) is 0 Å². The van der Waals surface area contributed by atoms with Gasteiger partial charge in [0.1, 0.15) is 0 Å². The molecule has 4 aromatic carbocycles. The van der Waals surface area contributed by atoms with E-state index in [2.05, 4.69) is 110 Å². The maximum absolute atomic E-state index is 4.93. The van der Waals surface area contributed by atoms with Crippen LogP contribution in [0.1, 0.15) is 43.6 Å². The number of para-hydroxylation sites is 2. The number of hydrogen-bond donors (Lipinski definition) is 0. The van der Waals surface area contributed by atoms with Crippen LogP contribution in [0.3, 0.4) is 0 Å². The zero-order valence-corrected chi connectivity index (χ0v) is 22.8. The van der Waals surface area contributed by atoms with Gasteiger partial charge in [-0.1, -0.05) is 98.8 Å². The molecule has 0 saturated carbocycles. The van der Waals surface area contributed by atoms with Crippen LogP contribution in [0.15, 0.2) is 121 Å². The molecule has 194 valence electrons. The molecule has 0 fully saturated rings. The molecule has 2 heterocycles. The van der Waals surface area contributed by atoms with Gasteiger partial charge in [0.2, 0.25) is 0 Å². The van der Waals surface area contributed by atoms with Gasteiger partial charge in [0, 0.05) is 27.8 Å². The van der Waals surface area contributed by atoms with Crippen molar-refractivity contribution in [2.45, 2.75) is 32.1 Å². The second kappa shape index (κ2) is 9.73. The Morgan fingerprint density at radius 3 is 1.73 bits per heavy atom. The molecular weight excluding hydrogens is 488 g/mol. The highest BCUT2D eigenvalue weighted by Crippen LogP contribution is 2.51. The molecule has 1 aromatic heterocycles. The normalized spacial score (nSPS) is 15.2. The zero-order chi connectivity index (χ0) is 27.1. The second-order valence-electron chi connectivity index (χ2n) is 10.9. The van der Waals surface area contributed by atoms with Crippen LogP contribution in [0.5, 0.6) is 0 Å². The van der Waals surface area contributed by atoms with Crippen molar-refractivity contribution in [3.05, 3.63) is 138 Å². The van der Waals surface area contributed by atoms with E-state index in [1.54, 1.807) is 0 Å². The maximum atomic E-state index is 4.93. The van der Waals surface area contributed by atoms with E-state index in [0.29, 0.717) is 17.5 Å². The Labute approximate surface area is 235 Å². The minimum atomic E-state index is -0.0823. The van der Waals surface area contributed by atoms with Crippen molar-refractivity contribution in [3.8, 4) is 22.8 Å². The molecule has 0 amide bonds. The van der Waals surface area contributed by atoms with Crippen molar-refractivity contribution in [2.24, 2.45) is 0 Å². The molecule has 1 aliphatic carbocycles. The van der Waals surface area contributed by atoms with E-state index in [1.165, 1.54) is 22.5 Å². The summed E-state index contributed by atoms with van der Waals surface area (Å²) in [4.78, 5) is 17.1. The van der Waals surface area contributed by atoms with Crippen molar-refractivity contribution >= 4 is 22.6 Å². The monoisotopic (exact) mass is 518 g/mol. The molecule has 1 aliphatic heterocycles. The molecule has 4 nitrogen and oxygen atoms in total. The third-order valence-electron chi connectivity index (χ3n) is 7.94. The number of fused-ring (bicyclic) bond motifs is 2. The molecular formula is C36H30N4. The standard InChI is InChI=1S/C36H30N4/c1-36(2)29-17-9-11-19-31(29)40(32-20-12-10-18-30(32)36)28-23-21-27(22-24-28)35-38-33(25-13-5-3-6-14-25)37-34(39-35)26-15-7-4-8-16-26/h3,5-7,9-24H,4,8H2,1-2H3. The van der Waals surface area contributed by atoms with Gasteiger partial charge in [-0.25, -0.2) is 15.0 Å². The molecule has 4 heteroatoms. The average molecular weight is 519 g/mol. The predicted octanol–water partition coefficient (Wildman–Crippen LogP) is 9.05. The van der Waals surface area contributed by atoms with Crippen molar-refractivity contribution in [1.82, 2.24) is 15.0 Å². The van der Waals surface area contributed by atoms with Gasteiger partial charge in [-0.05, 0) is 60.4 Å². The minimum absolute atomic E-state index is 0.0823. The number of aromatic nitrogens is 3. The van der Waals surface area contributed by atoms with Gasteiger partial charge in [0.15, 0.2) is 17.5 Å². The Balaban J connectivity index is 1.33. The Hall–Kier alpha value is -4.83. The third kappa shape index (κ3) is 4.13. The molecule has 0 spiro atoms. The minimum Gasteiger partial charge on any atom is -0.310 e. The second-order valence-corrected chi connectivity index (χ2v) is 10.9. The Kier molecular flexibility index (Phi) is 5.89. The van der Waals surface area contributed by atoms with Crippen molar-refractivity contribution in [2.75, 3.05) is 4.90 Å². The third-order valence-corrected chi connectivity index (χ3v) is 7.94. The lowest BCUT2D eigenvalue weighted by Gasteiger charge is -2.42. The fraction of sp³-hybridized carbons (Fsp3) is 0.139. The first-order valence-corrected chi connectivity index (χ1v) is 13.9. The van der Waals surface area contributed by atoms with E-state index in [4.69, 9.17) is 15.0 Å². The first-order valence-electron chi connectivity index (χ1n) is 13.9. The summed E-state index contributed by atoms with van der Waals surface area (Å²) in [6.07, 6.45) is 8.56. The van der Waals surface area contributed by atoms with E-state index < -0.39 is 0 Å². The molecule has 0 unspecified atom stereocenters. The summed E-state index contributed by atoms with van der Waals surface area (Å²) in [5.41, 5.74) is 9.08. The smallest absolute Gasteiger partial charge is 0.164 e. The van der Waals surface area contributed by atoms with Crippen LogP contribution in [0.25, 0.3) is 28.3 Å². The van der Waals surface area contributed by atoms with Crippen molar-refractivity contribution < 1.29 is 0 Å². The van der Waals surface area contributed by atoms with E-state index in [-0.39, 0.29) is 5.41 Å². The van der Waals surface area contributed by atoms with Gasteiger partial charge in [-0.3, -0.25) is 0 Å². The van der Waals surface area contributed by atoms with Crippen LogP contribution >= 0.6 is 0 Å². The molecule has 0 radical (unpaired) electrons. The highest BCUT2D eigenvalue weighted by atomic mass is 15.2. The molecule has 0 atom stereocenters. The lowest BCUT2D eigenvalue weighted by molar-refractivity contribution is 0.632. The summed E-state index contributed by atoms with van der Waals surface area (Å²) < 4.78 is 0. The molecule has 2 aliphatic rings. The topological polar surface area (TPSA) is 41.9 Å². The van der Waals surface area contributed by atoms with Gasteiger partial charge in [-0.15, -0.1) is 0 Å². The number of anilines is 3. The first-order chi connectivity index (χ1) is 19.6. The van der Waals surface area contributed by atoms with Gasteiger partial charge in [0.25, 0.3) is 0 Å². The summed E-state index contributed by atoms with van der Waals surface area (Å²) in [6, 6.07) is 36.2. The average Bonchev–Trinajstić information content (AvgIpc) is 3.02. The summed E-state index contributed by atoms with van der Waals surface area (Å²) in [5.74, 6) is 2.08. The summed E-state index contributed by atoms with van der Waals surface area (Å²) in [7, 11) is 0. The van der Waals surface area contributed by atoms with Crippen LogP contribution in [-0.2, 0) is 5.41 Å². The lowest BCUT2D eigenvalue weighted by atomic mass is 9.73. The summed E-state index contributed by atoms with van der Waals surface area (Å²) in [6.45, 7) is 4.62. The van der Waals surface area contributed by atoms with E-state index in [1.807, 2.05) is 30.3 Å². The Morgan fingerprint density at radius 2 is 1.12 bits per heavy atom. The SMILES string of the molecule is CC1(C)c2ccccc2N(c2ccc(-c3nc(C4=CCCC=C4)nc(-c4ccccc4)n3)cc2)c2ccccc21. The molecule has 40 heavy (non-hydrogen) atoms. The fourth-order valence-electron chi connectivity index (χ4n) is 5.84. The molecule has 0 saturated heterocycles. The predicted molar refractivity (Wildman–Crippen MR) is 164 cm³/mol. The fourth-order valence-corrected chi connectivity index (χ4v) is 5.84. The van der Waals surface area contributed by atoms with E-state index in [0.717, 1.165) is 35.2 Å². The van der Waals surface area contributed by atoms with Gasteiger partial charge < -0.3 is 4.90 Å². The number of benzene rings is 4. The van der Waals surface area contributed by atoms with Gasteiger partial charge in [0.05, 0.1) is 11.4 Å². The van der Waals surface area contributed by atoms with Gasteiger partial charge in [-0.2, -0.15) is 0 Å². The quantitative estimate of drug-likeness (QED) is 0.238. The van der Waals surface area contributed by atoms with Crippen molar-refractivity contribution in [3.63, 3.8) is 0 Å². The van der Waals surface area contributed by atoms with Crippen LogP contribution < -0.4 is 4.90 Å². The Bertz CT molecular complexity index is 1720. The van der Waals surface area contributed by atoms with Crippen LogP contribution in [0.4, 0.5) is 17.1 Å². The number of allylic oxidation sites excluding steroid dienone is 4. The number of nitrogens with zero attached hydrogens (tertiary/aromatic N) is 4. The molecule has 5 aromatic rings. The van der Waals surface area contributed by atoms with E-state index >= 15 is 0 Å². The highest BCUT2D eigenvalue weighted by Gasteiger charge is 2.36. The van der Waals surface area contributed by atoms with Crippen LogP contribution in [0.2, 0.25) is 0 Å². The zero-order valence-electron chi connectivity index (χ0n) is 22.8. The molecule has 7 rings (SSSR count). The lowest BCUT2D eigenvalue weighted by Crippen LogP contribution is -2.30. The Morgan fingerprint density at radius 1 is 0.575 bits per heavy atom. The van der Waals surface area contributed by atoms with Crippen molar-refractivity contribution in [1.29, 1.82) is 0 Å². The number of hydrogen-bond acceptors (Lipinski definition) is 4. The number of rotatable bonds is 4. The van der Waals surface area contributed by atoms with Crippen LogP contribution in [-0.4, -0.2) is 15.0 Å². The maximum Gasteiger partial charge on any atom is 0.164 e. The largest absolute Gasteiger partial charge is 0.310 e. The first kappa shape index (κ1) is 24.2. The van der Waals surface area contributed by atoms with Crippen LogP contribution in [0, 0.1) is 0 Å².